The molecule has 0 saturated heterocycles. The van der Waals surface area contributed by atoms with Crippen molar-refractivity contribution in [3.63, 3.8) is 0 Å². The molecule has 0 spiro atoms. The van der Waals surface area contributed by atoms with Crippen molar-refractivity contribution < 1.29 is 0 Å². The van der Waals surface area contributed by atoms with E-state index in [-0.39, 0.29) is 0 Å². The number of rotatable bonds is 5. The third-order valence-electron chi connectivity index (χ3n) is 2.94. The Balaban J connectivity index is 2.34. The first-order valence-corrected chi connectivity index (χ1v) is 6.89. The third-order valence-corrected chi connectivity index (χ3v) is 3.97. The summed E-state index contributed by atoms with van der Waals surface area (Å²) < 4.78 is 0. The maximum absolute atomic E-state index is 4.49. The Labute approximate surface area is 103 Å². The predicted molar refractivity (Wildman–Crippen MR) is 72.1 cm³/mol. The molecular weight excluding hydrogens is 216 g/mol. The van der Waals surface area contributed by atoms with Crippen LogP contribution in [0.25, 0.3) is 0 Å². The van der Waals surface area contributed by atoms with E-state index < -0.39 is 0 Å². The van der Waals surface area contributed by atoms with Crippen LogP contribution in [0.3, 0.4) is 0 Å². The van der Waals surface area contributed by atoms with Gasteiger partial charge >= 0.3 is 0 Å². The maximum Gasteiger partial charge on any atom is 0.0928 e. The molecule has 1 heterocycles. The van der Waals surface area contributed by atoms with Gasteiger partial charge in [0.05, 0.1) is 5.01 Å². The number of hydrogen-bond donors (Lipinski definition) is 1. The van der Waals surface area contributed by atoms with Crippen molar-refractivity contribution in [1.29, 1.82) is 0 Å². The molecular formula is C13H24N2S. The predicted octanol–water partition coefficient (Wildman–Crippen LogP) is 3.41. The summed E-state index contributed by atoms with van der Waals surface area (Å²) in [5.74, 6) is 0. The van der Waals surface area contributed by atoms with Crippen molar-refractivity contribution >= 4 is 11.3 Å². The van der Waals surface area contributed by atoms with Gasteiger partial charge in [-0.1, -0.05) is 20.8 Å². The highest BCUT2D eigenvalue weighted by atomic mass is 32.1. The fourth-order valence-corrected chi connectivity index (χ4v) is 2.80. The molecule has 1 aromatic heterocycles. The van der Waals surface area contributed by atoms with Crippen LogP contribution in [0, 0.1) is 12.3 Å². The van der Waals surface area contributed by atoms with Crippen LogP contribution in [0.15, 0.2) is 5.38 Å². The Morgan fingerprint density at radius 1 is 1.44 bits per heavy atom. The highest BCUT2D eigenvalue weighted by Crippen LogP contribution is 2.23. The number of thiazole rings is 1. The molecule has 2 nitrogen and oxygen atoms in total. The molecule has 0 saturated carbocycles. The number of aryl methyl sites for hydroxylation is 2. The number of hydrogen-bond acceptors (Lipinski definition) is 3. The molecule has 0 aliphatic heterocycles. The Bertz CT molecular complexity index is 312. The summed E-state index contributed by atoms with van der Waals surface area (Å²) in [5.41, 5.74) is 1.49. The van der Waals surface area contributed by atoms with E-state index in [1.165, 1.54) is 17.8 Å². The van der Waals surface area contributed by atoms with Gasteiger partial charge in [0, 0.05) is 17.1 Å². The molecule has 0 aliphatic rings. The molecule has 3 heteroatoms. The first-order valence-electron chi connectivity index (χ1n) is 6.01. The molecule has 0 radical (unpaired) electrons. The van der Waals surface area contributed by atoms with Crippen LogP contribution in [0.2, 0.25) is 0 Å². The van der Waals surface area contributed by atoms with Crippen molar-refractivity contribution in [2.24, 2.45) is 5.41 Å². The molecule has 0 aliphatic carbocycles. The van der Waals surface area contributed by atoms with E-state index in [2.05, 4.69) is 50.4 Å². The van der Waals surface area contributed by atoms with Crippen molar-refractivity contribution in [1.82, 2.24) is 10.3 Å². The van der Waals surface area contributed by atoms with Gasteiger partial charge in [0.1, 0.15) is 0 Å². The molecule has 92 valence electrons. The quantitative estimate of drug-likeness (QED) is 0.853. The smallest absolute Gasteiger partial charge is 0.0928 e. The van der Waals surface area contributed by atoms with Gasteiger partial charge < -0.3 is 5.32 Å². The zero-order valence-corrected chi connectivity index (χ0v) is 11.9. The Morgan fingerprint density at radius 3 is 2.56 bits per heavy atom. The third kappa shape index (κ3) is 4.22. The fraction of sp³-hybridized carbons (Fsp3) is 0.769. The minimum Gasteiger partial charge on any atom is -0.316 e. The molecule has 1 N–H and O–H groups in total. The summed E-state index contributed by atoms with van der Waals surface area (Å²) in [6.07, 6.45) is 3.56. The average Bonchev–Trinajstić information content (AvgIpc) is 2.57. The van der Waals surface area contributed by atoms with Gasteiger partial charge in [-0.3, -0.25) is 0 Å². The first-order chi connectivity index (χ1) is 7.43. The van der Waals surface area contributed by atoms with Crippen molar-refractivity contribution in [3.8, 4) is 0 Å². The van der Waals surface area contributed by atoms with Gasteiger partial charge in [0.25, 0.3) is 0 Å². The lowest BCUT2D eigenvalue weighted by atomic mass is 9.84. The largest absolute Gasteiger partial charge is 0.316 e. The van der Waals surface area contributed by atoms with Gasteiger partial charge in [-0.15, -0.1) is 11.3 Å². The highest BCUT2D eigenvalue weighted by molar-refractivity contribution is 7.09. The minimum absolute atomic E-state index is 0.341. The van der Waals surface area contributed by atoms with Crippen LogP contribution in [0.4, 0.5) is 0 Å². The molecule has 0 aromatic carbocycles. The molecule has 1 atom stereocenters. The van der Waals surface area contributed by atoms with Crippen LogP contribution in [0.5, 0.6) is 0 Å². The van der Waals surface area contributed by atoms with Gasteiger partial charge in [-0.25, -0.2) is 4.98 Å². The van der Waals surface area contributed by atoms with Gasteiger partial charge in [0.15, 0.2) is 0 Å². The van der Waals surface area contributed by atoms with E-state index in [1.807, 2.05) is 0 Å². The maximum atomic E-state index is 4.49. The fourth-order valence-electron chi connectivity index (χ4n) is 1.99. The van der Waals surface area contributed by atoms with E-state index in [9.17, 15) is 0 Å². The van der Waals surface area contributed by atoms with Crippen LogP contribution in [0.1, 0.15) is 44.3 Å². The Morgan fingerprint density at radius 2 is 2.12 bits per heavy atom. The van der Waals surface area contributed by atoms with E-state index in [1.54, 1.807) is 11.3 Å². The zero-order chi connectivity index (χ0) is 12.2. The molecule has 0 amide bonds. The normalized spacial score (nSPS) is 14.1. The lowest BCUT2D eigenvalue weighted by Gasteiger charge is -2.30. The molecule has 0 bridgehead atoms. The summed E-state index contributed by atoms with van der Waals surface area (Å²) >= 11 is 1.78. The summed E-state index contributed by atoms with van der Waals surface area (Å²) in [4.78, 5) is 4.49. The van der Waals surface area contributed by atoms with Crippen molar-refractivity contribution in [2.75, 3.05) is 7.05 Å². The van der Waals surface area contributed by atoms with Gasteiger partial charge in [0.2, 0.25) is 0 Å². The zero-order valence-electron chi connectivity index (χ0n) is 11.1. The summed E-state index contributed by atoms with van der Waals surface area (Å²) in [6.45, 7) is 8.94. The summed E-state index contributed by atoms with van der Waals surface area (Å²) in [5, 5.41) is 6.83. The van der Waals surface area contributed by atoms with E-state index >= 15 is 0 Å². The average molecular weight is 240 g/mol. The SMILES string of the molecule is CNC(CCCc1nc(C)cs1)C(C)(C)C. The van der Waals surface area contributed by atoms with Crippen LogP contribution < -0.4 is 5.32 Å². The monoisotopic (exact) mass is 240 g/mol. The van der Waals surface area contributed by atoms with Gasteiger partial charge in [-0.05, 0) is 38.6 Å². The second-order valence-corrected chi connectivity index (χ2v) is 6.42. The number of nitrogens with one attached hydrogen (secondary N) is 1. The topological polar surface area (TPSA) is 24.9 Å². The van der Waals surface area contributed by atoms with E-state index in [0.717, 1.165) is 12.1 Å². The van der Waals surface area contributed by atoms with E-state index in [0.29, 0.717) is 11.5 Å². The summed E-state index contributed by atoms with van der Waals surface area (Å²) in [7, 11) is 2.06. The standard InChI is InChI=1S/C13H24N2S/c1-10-9-16-12(15-10)8-6-7-11(14-5)13(2,3)4/h9,11,14H,6-8H2,1-5H3. The number of aromatic nitrogens is 1. The molecule has 1 rings (SSSR count). The molecule has 1 aromatic rings. The lowest BCUT2D eigenvalue weighted by Crippen LogP contribution is -2.37. The first kappa shape index (κ1) is 13.7. The lowest BCUT2D eigenvalue weighted by molar-refractivity contribution is 0.263. The van der Waals surface area contributed by atoms with Crippen LogP contribution in [-0.2, 0) is 6.42 Å². The second-order valence-electron chi connectivity index (χ2n) is 5.48. The Kier molecular flexibility index (Phi) is 4.93. The van der Waals surface area contributed by atoms with Crippen molar-refractivity contribution in [3.05, 3.63) is 16.1 Å². The van der Waals surface area contributed by atoms with Crippen LogP contribution >= 0.6 is 11.3 Å². The minimum atomic E-state index is 0.341. The molecule has 1 unspecified atom stereocenters. The summed E-state index contributed by atoms with van der Waals surface area (Å²) in [6, 6.07) is 0.591. The van der Waals surface area contributed by atoms with Gasteiger partial charge in [-0.2, -0.15) is 0 Å². The van der Waals surface area contributed by atoms with Crippen LogP contribution in [-0.4, -0.2) is 18.1 Å². The number of nitrogens with zero attached hydrogens (tertiary/aromatic N) is 1. The highest BCUT2D eigenvalue weighted by Gasteiger charge is 2.22. The molecule has 0 fully saturated rings. The second kappa shape index (κ2) is 5.78. The molecule has 16 heavy (non-hydrogen) atoms. The van der Waals surface area contributed by atoms with Crippen molar-refractivity contribution in [2.45, 2.75) is 53.0 Å². The Hall–Kier alpha value is -0.410. The van der Waals surface area contributed by atoms with E-state index in [4.69, 9.17) is 0 Å².